The zero-order chi connectivity index (χ0) is 13.1. The van der Waals surface area contributed by atoms with Gasteiger partial charge in [-0.15, -0.1) is 0 Å². The van der Waals surface area contributed by atoms with Crippen molar-refractivity contribution in [2.24, 2.45) is 0 Å². The van der Waals surface area contributed by atoms with E-state index in [4.69, 9.17) is 24.8 Å². The van der Waals surface area contributed by atoms with Gasteiger partial charge in [0.1, 0.15) is 0 Å². The Balaban J connectivity index is 0.00000180. The van der Waals surface area contributed by atoms with Gasteiger partial charge in [0.2, 0.25) is 0 Å². The summed E-state index contributed by atoms with van der Waals surface area (Å²) >= 11 is 10.5. The Bertz CT molecular complexity index is 538. The van der Waals surface area contributed by atoms with Gasteiger partial charge in [-0.25, -0.2) is 0 Å². The number of para-hydroxylation sites is 2. The van der Waals surface area contributed by atoms with Crippen LogP contribution in [-0.4, -0.2) is 4.32 Å². The molecule has 1 nitrogen and oxygen atoms in total. The van der Waals surface area contributed by atoms with Crippen molar-refractivity contribution in [2.45, 2.75) is 13.8 Å². The van der Waals surface area contributed by atoms with Crippen LogP contribution in [-0.2, 0) is 12.6 Å². The second-order valence-electron chi connectivity index (χ2n) is 4.17. The minimum Gasteiger partial charge on any atom is -0.411 e. The molecule has 0 aliphatic carbocycles. The molecule has 2 aromatic rings. The summed E-state index contributed by atoms with van der Waals surface area (Å²) < 4.78 is 0.443. The van der Waals surface area contributed by atoms with Crippen LogP contribution in [0, 0.1) is 13.8 Å². The molecule has 0 heterocycles. The Morgan fingerprint density at radius 2 is 1.26 bits per heavy atom. The first-order chi connectivity index (χ1) is 8.61. The van der Waals surface area contributed by atoms with Crippen molar-refractivity contribution in [2.75, 3.05) is 4.90 Å². The molecule has 2 aromatic carbocycles. The summed E-state index contributed by atoms with van der Waals surface area (Å²) in [6.45, 7) is 4.13. The van der Waals surface area contributed by atoms with E-state index in [2.05, 4.69) is 26.0 Å². The van der Waals surface area contributed by atoms with E-state index in [-0.39, 0.29) is 29.6 Å². The van der Waals surface area contributed by atoms with Crippen molar-refractivity contribution in [1.82, 2.24) is 0 Å². The van der Waals surface area contributed by atoms with E-state index in [0.29, 0.717) is 4.32 Å². The third-order valence-electron chi connectivity index (χ3n) is 2.90. The normalized spacial score (nSPS) is 9.58. The molecule has 2 rings (SSSR count). The maximum absolute atomic E-state index is 5.24. The van der Waals surface area contributed by atoms with E-state index in [1.807, 2.05) is 41.3 Å². The molecular formula is C15H14NNaS2. The van der Waals surface area contributed by atoms with Crippen LogP contribution in [0.4, 0.5) is 11.4 Å². The number of nitrogens with zero attached hydrogens (tertiary/aromatic N) is 1. The Morgan fingerprint density at radius 3 is 1.58 bits per heavy atom. The molecule has 0 atom stereocenters. The fourth-order valence-electron chi connectivity index (χ4n) is 1.96. The van der Waals surface area contributed by atoms with E-state index in [9.17, 15) is 0 Å². The van der Waals surface area contributed by atoms with Crippen molar-refractivity contribution < 1.29 is 29.6 Å². The molecule has 0 aliphatic rings. The molecule has 0 saturated heterocycles. The van der Waals surface area contributed by atoms with Crippen molar-refractivity contribution >= 4 is 40.5 Å². The molecule has 92 valence electrons. The monoisotopic (exact) mass is 295 g/mol. The summed E-state index contributed by atoms with van der Waals surface area (Å²) in [6.07, 6.45) is 0. The third kappa shape index (κ3) is 3.77. The average molecular weight is 295 g/mol. The van der Waals surface area contributed by atoms with Gasteiger partial charge in [-0.2, -0.15) is 0 Å². The fraction of sp³-hybridized carbons (Fsp3) is 0.133. The van der Waals surface area contributed by atoms with Gasteiger partial charge in [0.15, 0.2) is 0 Å². The summed E-state index contributed by atoms with van der Waals surface area (Å²) in [6, 6.07) is 16.2. The van der Waals surface area contributed by atoms with Gasteiger partial charge in [0, 0.05) is 11.4 Å². The van der Waals surface area contributed by atoms with Crippen molar-refractivity contribution in [3.8, 4) is 0 Å². The zero-order valence-corrected chi connectivity index (χ0v) is 15.0. The van der Waals surface area contributed by atoms with Crippen LogP contribution in [0.25, 0.3) is 0 Å². The maximum atomic E-state index is 5.24. The van der Waals surface area contributed by atoms with Gasteiger partial charge in [0.05, 0.1) is 0 Å². The second kappa shape index (κ2) is 7.36. The number of anilines is 2. The SMILES string of the molecule is Cc1ccccc1N(C(=S)[S-])c1ccccc1C.[Na+]. The van der Waals surface area contributed by atoms with Gasteiger partial charge in [0.25, 0.3) is 0 Å². The van der Waals surface area contributed by atoms with Crippen molar-refractivity contribution in [3.05, 3.63) is 59.7 Å². The Morgan fingerprint density at radius 1 is 0.895 bits per heavy atom. The van der Waals surface area contributed by atoms with E-state index < -0.39 is 0 Å². The van der Waals surface area contributed by atoms with E-state index in [1.54, 1.807) is 0 Å². The van der Waals surface area contributed by atoms with Gasteiger partial charge < -0.3 is 29.7 Å². The minimum absolute atomic E-state index is 0. The van der Waals surface area contributed by atoms with Crippen LogP contribution in [0.15, 0.2) is 48.5 Å². The Hall–Kier alpha value is -0.450. The summed E-state index contributed by atoms with van der Waals surface area (Å²) in [7, 11) is 0. The van der Waals surface area contributed by atoms with Crippen LogP contribution in [0.2, 0.25) is 0 Å². The smallest absolute Gasteiger partial charge is 0.411 e. The number of hydrogen-bond donors (Lipinski definition) is 0. The third-order valence-corrected chi connectivity index (χ3v) is 3.26. The quantitative estimate of drug-likeness (QED) is 0.467. The summed E-state index contributed by atoms with van der Waals surface area (Å²) in [5, 5.41) is 0. The van der Waals surface area contributed by atoms with Crippen LogP contribution in [0.5, 0.6) is 0 Å². The van der Waals surface area contributed by atoms with Crippen LogP contribution >= 0.6 is 12.2 Å². The van der Waals surface area contributed by atoms with Gasteiger partial charge in [-0.05, 0) is 37.1 Å². The molecule has 0 aliphatic heterocycles. The average Bonchev–Trinajstić information content (AvgIpc) is 2.34. The zero-order valence-electron chi connectivity index (χ0n) is 11.4. The number of aryl methyl sites for hydroxylation is 2. The number of hydrogen-bond acceptors (Lipinski definition) is 2. The Labute approximate surface area is 147 Å². The molecule has 19 heavy (non-hydrogen) atoms. The van der Waals surface area contributed by atoms with Crippen LogP contribution in [0.1, 0.15) is 11.1 Å². The molecule has 0 spiro atoms. The fourth-order valence-corrected chi connectivity index (χ4v) is 2.35. The predicted octanol–water partition coefficient (Wildman–Crippen LogP) is 1.28. The number of rotatable bonds is 2. The predicted molar refractivity (Wildman–Crippen MR) is 84.5 cm³/mol. The van der Waals surface area contributed by atoms with Gasteiger partial charge in [-0.3, -0.25) is 0 Å². The van der Waals surface area contributed by atoms with E-state index in [0.717, 1.165) is 22.5 Å². The molecule has 0 N–H and O–H groups in total. The van der Waals surface area contributed by atoms with Gasteiger partial charge >= 0.3 is 29.6 Å². The molecule has 0 aromatic heterocycles. The van der Waals surface area contributed by atoms with Crippen molar-refractivity contribution in [3.63, 3.8) is 0 Å². The molecule has 0 saturated carbocycles. The number of benzene rings is 2. The molecule has 4 heteroatoms. The Kier molecular flexibility index (Phi) is 6.43. The molecular weight excluding hydrogens is 281 g/mol. The molecule has 0 fully saturated rings. The van der Waals surface area contributed by atoms with Crippen LogP contribution < -0.4 is 34.5 Å². The molecule has 0 amide bonds. The van der Waals surface area contributed by atoms with Crippen LogP contribution in [0.3, 0.4) is 0 Å². The second-order valence-corrected chi connectivity index (χ2v) is 5.21. The maximum Gasteiger partial charge on any atom is 1.00 e. The first kappa shape index (κ1) is 16.6. The van der Waals surface area contributed by atoms with Crippen molar-refractivity contribution in [1.29, 1.82) is 0 Å². The molecule has 0 unspecified atom stereocenters. The number of thiocarbonyl (C=S) groups is 1. The van der Waals surface area contributed by atoms with E-state index >= 15 is 0 Å². The summed E-state index contributed by atoms with van der Waals surface area (Å²) in [5.74, 6) is 0. The largest absolute Gasteiger partial charge is 1.00 e. The first-order valence-electron chi connectivity index (χ1n) is 5.73. The van der Waals surface area contributed by atoms with E-state index in [1.165, 1.54) is 0 Å². The molecule has 0 radical (unpaired) electrons. The minimum atomic E-state index is 0. The first-order valence-corrected chi connectivity index (χ1v) is 6.55. The topological polar surface area (TPSA) is 3.24 Å². The molecule has 0 bridgehead atoms. The summed E-state index contributed by atoms with van der Waals surface area (Å²) in [4.78, 5) is 1.95. The standard InChI is InChI=1S/C15H15NS2.Na/c1-11-7-3-5-9-13(11)16(15(17)18)14-10-6-4-8-12(14)2;/h3-10H,1-2H3,(H,17,18);/q;+1/p-1. The summed E-state index contributed by atoms with van der Waals surface area (Å²) in [5.41, 5.74) is 4.42. The van der Waals surface area contributed by atoms with Gasteiger partial charge in [-0.1, -0.05) is 40.7 Å².